The summed E-state index contributed by atoms with van der Waals surface area (Å²) in [4.78, 5) is 18.0. The first-order valence-corrected chi connectivity index (χ1v) is 12.5. The van der Waals surface area contributed by atoms with Crippen molar-refractivity contribution >= 4 is 28.9 Å². The molecule has 0 bridgehead atoms. The minimum Gasteiger partial charge on any atom is -0.486 e. The first-order valence-electron chi connectivity index (χ1n) is 12.1. The number of imidazole rings is 1. The molecule has 6 heteroatoms. The molecule has 0 unspecified atom stereocenters. The van der Waals surface area contributed by atoms with Gasteiger partial charge in [-0.2, -0.15) is 0 Å². The van der Waals surface area contributed by atoms with E-state index in [0.717, 1.165) is 68.3 Å². The summed E-state index contributed by atoms with van der Waals surface area (Å²) in [6.07, 6.45) is 7.61. The number of carbonyl (C=O) groups is 1. The predicted molar refractivity (Wildman–Crippen MR) is 134 cm³/mol. The van der Waals surface area contributed by atoms with Gasteiger partial charge in [0.25, 0.3) is 0 Å². The van der Waals surface area contributed by atoms with Crippen molar-refractivity contribution < 1.29 is 9.53 Å². The van der Waals surface area contributed by atoms with Gasteiger partial charge in [0.2, 0.25) is 0 Å². The third-order valence-corrected chi connectivity index (χ3v) is 6.99. The van der Waals surface area contributed by atoms with E-state index < -0.39 is 0 Å². The van der Waals surface area contributed by atoms with Crippen LogP contribution in [0, 0.1) is 12.8 Å². The highest BCUT2D eigenvalue weighted by atomic mass is 35.5. The van der Waals surface area contributed by atoms with Crippen LogP contribution in [0.1, 0.15) is 49.9 Å². The molecule has 1 fully saturated rings. The van der Waals surface area contributed by atoms with Crippen LogP contribution in [0.5, 0.6) is 5.75 Å². The quantitative estimate of drug-likeness (QED) is 0.254. The number of fused-ring (bicyclic) bond motifs is 1. The third kappa shape index (κ3) is 6.36. The molecule has 4 rings (SSSR count). The summed E-state index contributed by atoms with van der Waals surface area (Å²) < 4.78 is 8.38. The lowest BCUT2D eigenvalue weighted by Crippen LogP contribution is -2.34. The maximum absolute atomic E-state index is 10.5. The summed E-state index contributed by atoms with van der Waals surface area (Å²) in [5.74, 6) is 2.56. The van der Waals surface area contributed by atoms with Crippen molar-refractivity contribution in [1.82, 2.24) is 14.5 Å². The van der Waals surface area contributed by atoms with E-state index in [-0.39, 0.29) is 0 Å². The highest BCUT2D eigenvalue weighted by molar-refractivity contribution is 6.30. The number of nitrogens with zero attached hydrogens (tertiary/aromatic N) is 3. The molecule has 0 spiro atoms. The maximum Gasteiger partial charge on any atom is 0.148 e. The second-order valence-electron chi connectivity index (χ2n) is 9.10. The fourth-order valence-electron chi connectivity index (χ4n) is 4.81. The van der Waals surface area contributed by atoms with Crippen LogP contribution in [-0.4, -0.2) is 40.4 Å². The molecule has 2 heterocycles. The summed E-state index contributed by atoms with van der Waals surface area (Å²) in [6, 6.07) is 13.9. The van der Waals surface area contributed by atoms with Crippen molar-refractivity contribution in [1.29, 1.82) is 0 Å². The van der Waals surface area contributed by atoms with Crippen LogP contribution in [-0.2, 0) is 17.9 Å². The molecule has 1 aliphatic rings. The Morgan fingerprint density at radius 3 is 2.64 bits per heavy atom. The van der Waals surface area contributed by atoms with Crippen LogP contribution in [0.4, 0.5) is 0 Å². The van der Waals surface area contributed by atoms with E-state index in [1.54, 1.807) is 0 Å². The van der Waals surface area contributed by atoms with Crippen molar-refractivity contribution in [3.05, 3.63) is 58.9 Å². The van der Waals surface area contributed by atoms with Gasteiger partial charge in [-0.05, 0) is 100 Å². The molecule has 0 amide bonds. The Morgan fingerprint density at radius 2 is 1.88 bits per heavy atom. The van der Waals surface area contributed by atoms with Gasteiger partial charge in [0.15, 0.2) is 0 Å². The number of para-hydroxylation sites is 1. The van der Waals surface area contributed by atoms with Crippen LogP contribution in [0.15, 0.2) is 42.5 Å². The summed E-state index contributed by atoms with van der Waals surface area (Å²) >= 11 is 6.00. The zero-order valence-electron chi connectivity index (χ0n) is 19.5. The average molecular weight is 468 g/mol. The smallest absolute Gasteiger partial charge is 0.148 e. The number of rotatable bonds is 11. The van der Waals surface area contributed by atoms with Crippen LogP contribution < -0.4 is 4.74 Å². The molecule has 0 atom stereocenters. The molecule has 1 aliphatic heterocycles. The van der Waals surface area contributed by atoms with Gasteiger partial charge in [-0.15, -0.1) is 0 Å². The summed E-state index contributed by atoms with van der Waals surface area (Å²) in [7, 11) is 0. The second kappa shape index (κ2) is 11.7. The zero-order chi connectivity index (χ0) is 23.0. The van der Waals surface area contributed by atoms with Gasteiger partial charge in [-0.3, -0.25) is 0 Å². The van der Waals surface area contributed by atoms with Crippen LogP contribution in [0.25, 0.3) is 11.0 Å². The van der Waals surface area contributed by atoms with Crippen molar-refractivity contribution in [2.75, 3.05) is 19.6 Å². The van der Waals surface area contributed by atoms with Crippen molar-refractivity contribution in [3.8, 4) is 5.75 Å². The third-order valence-electron chi connectivity index (χ3n) is 6.74. The first-order chi connectivity index (χ1) is 16.1. The number of likely N-dealkylation sites (tertiary alicyclic amines) is 1. The number of hydrogen-bond donors (Lipinski definition) is 0. The summed E-state index contributed by atoms with van der Waals surface area (Å²) in [5.41, 5.74) is 3.45. The van der Waals surface area contributed by atoms with Crippen molar-refractivity contribution in [2.45, 2.75) is 58.6 Å². The van der Waals surface area contributed by atoms with Crippen LogP contribution in [0.3, 0.4) is 0 Å². The van der Waals surface area contributed by atoms with Gasteiger partial charge in [0.05, 0.1) is 11.0 Å². The molecule has 33 heavy (non-hydrogen) atoms. The molecule has 0 aliphatic carbocycles. The van der Waals surface area contributed by atoms with E-state index in [9.17, 15) is 4.79 Å². The van der Waals surface area contributed by atoms with Gasteiger partial charge in [0, 0.05) is 18.0 Å². The fraction of sp³-hybridized carbons (Fsp3) is 0.481. The molecule has 0 radical (unpaired) electrons. The lowest BCUT2D eigenvalue weighted by atomic mass is 9.92. The molecular weight excluding hydrogens is 434 g/mol. The molecule has 2 aromatic carbocycles. The summed E-state index contributed by atoms with van der Waals surface area (Å²) in [6.45, 7) is 6.90. The average Bonchev–Trinajstić information content (AvgIpc) is 3.19. The number of hydrogen-bond acceptors (Lipinski definition) is 4. The van der Waals surface area contributed by atoms with Gasteiger partial charge in [0.1, 0.15) is 24.5 Å². The number of piperidine rings is 1. The molecule has 5 nitrogen and oxygen atoms in total. The van der Waals surface area contributed by atoms with E-state index in [0.29, 0.717) is 18.1 Å². The van der Waals surface area contributed by atoms with Crippen molar-refractivity contribution in [2.24, 2.45) is 5.92 Å². The predicted octanol–water partition coefficient (Wildman–Crippen LogP) is 6.05. The van der Waals surface area contributed by atoms with Gasteiger partial charge in [-0.25, -0.2) is 4.98 Å². The molecular formula is C27H34ClN3O2. The van der Waals surface area contributed by atoms with E-state index in [1.165, 1.54) is 30.3 Å². The molecule has 1 saturated heterocycles. The number of benzene rings is 2. The van der Waals surface area contributed by atoms with Gasteiger partial charge in [-0.1, -0.05) is 23.7 Å². The van der Waals surface area contributed by atoms with E-state index >= 15 is 0 Å². The lowest BCUT2D eigenvalue weighted by Gasteiger charge is -2.31. The highest BCUT2D eigenvalue weighted by Gasteiger charge is 2.19. The standard InChI is InChI=1S/C27H34ClN3O2/c1-21-6-4-8-25-27(21)29-26(20-33-24-11-9-23(28)10-12-24)31(25)16-5-7-22-13-17-30(18-14-22)15-2-3-19-32/h4,6,8-12,19,22H,2-3,5,7,13-18,20H2,1H3. The Labute approximate surface area is 201 Å². The molecule has 0 saturated carbocycles. The summed E-state index contributed by atoms with van der Waals surface area (Å²) in [5, 5.41) is 0.706. The molecule has 1 aromatic heterocycles. The highest BCUT2D eigenvalue weighted by Crippen LogP contribution is 2.25. The van der Waals surface area contributed by atoms with E-state index in [4.69, 9.17) is 21.3 Å². The molecule has 0 N–H and O–H groups in total. The normalized spacial score (nSPS) is 15.2. The van der Waals surface area contributed by atoms with Gasteiger partial charge >= 0.3 is 0 Å². The first kappa shape index (κ1) is 23.8. The lowest BCUT2D eigenvalue weighted by molar-refractivity contribution is -0.108. The van der Waals surface area contributed by atoms with Gasteiger partial charge < -0.3 is 19.0 Å². The SMILES string of the molecule is Cc1cccc2c1nc(COc1ccc(Cl)cc1)n2CCCC1CCN(CCCC=O)CC1. The fourth-order valence-corrected chi connectivity index (χ4v) is 4.93. The number of aryl methyl sites for hydroxylation is 2. The Hall–Kier alpha value is -2.37. The van der Waals surface area contributed by atoms with Crippen LogP contribution >= 0.6 is 11.6 Å². The van der Waals surface area contributed by atoms with E-state index in [2.05, 4.69) is 34.6 Å². The molecule has 3 aromatic rings. The minimum atomic E-state index is 0.439. The Kier molecular flexibility index (Phi) is 8.40. The van der Waals surface area contributed by atoms with Crippen molar-refractivity contribution in [3.63, 3.8) is 0 Å². The second-order valence-corrected chi connectivity index (χ2v) is 9.54. The monoisotopic (exact) mass is 467 g/mol. The Balaban J connectivity index is 1.35. The number of unbranched alkanes of at least 4 members (excludes halogenated alkanes) is 1. The largest absolute Gasteiger partial charge is 0.486 e. The minimum absolute atomic E-state index is 0.439. The number of aromatic nitrogens is 2. The van der Waals surface area contributed by atoms with E-state index in [1.807, 2.05) is 24.3 Å². The molecule has 176 valence electrons. The maximum atomic E-state index is 10.5. The number of halogens is 1. The Morgan fingerprint density at radius 1 is 1.09 bits per heavy atom. The number of aldehydes is 1. The number of carbonyl (C=O) groups excluding carboxylic acids is 1. The number of ether oxygens (including phenoxy) is 1. The Bertz CT molecular complexity index is 1040. The van der Waals surface area contributed by atoms with Crippen LogP contribution in [0.2, 0.25) is 5.02 Å². The topological polar surface area (TPSA) is 47.4 Å². The zero-order valence-corrected chi connectivity index (χ0v) is 20.3.